The van der Waals surface area contributed by atoms with E-state index >= 15 is 0 Å². The number of nitrogens with one attached hydrogen (secondary N) is 2. The van der Waals surface area contributed by atoms with Gasteiger partial charge in [-0.15, -0.1) is 0 Å². The molecule has 0 saturated carbocycles. The lowest BCUT2D eigenvalue weighted by Crippen LogP contribution is -2.27. The Kier molecular flexibility index (Phi) is 6.22. The quantitative estimate of drug-likeness (QED) is 0.754. The summed E-state index contributed by atoms with van der Waals surface area (Å²) >= 11 is 5.65. The first-order valence-electron chi connectivity index (χ1n) is 7.18. The topological polar surface area (TPSA) is 63.2 Å². The fourth-order valence-electron chi connectivity index (χ4n) is 2.01. The lowest BCUT2D eigenvalue weighted by atomic mass is 10.1. The summed E-state index contributed by atoms with van der Waals surface area (Å²) < 4.78 is 44.2. The molecule has 0 aliphatic heterocycles. The molecule has 134 valence electrons. The van der Waals surface area contributed by atoms with Crippen LogP contribution in [0.4, 0.5) is 24.7 Å². The Bertz CT molecular complexity index is 754. The highest BCUT2D eigenvalue weighted by Gasteiger charge is 2.34. The minimum atomic E-state index is -4.58. The number of rotatable bonds is 6. The third kappa shape index (κ3) is 5.33. The first-order chi connectivity index (χ1) is 11.8. The molecule has 1 amide bonds. The van der Waals surface area contributed by atoms with E-state index in [2.05, 4.69) is 15.6 Å². The van der Waals surface area contributed by atoms with Crippen LogP contribution in [0.25, 0.3) is 0 Å². The third-order valence-corrected chi connectivity index (χ3v) is 3.40. The number of pyridine rings is 1. The van der Waals surface area contributed by atoms with Crippen molar-refractivity contribution in [1.82, 2.24) is 10.3 Å². The molecule has 0 fully saturated rings. The van der Waals surface area contributed by atoms with Crippen LogP contribution in [0.2, 0.25) is 5.02 Å². The highest BCUT2D eigenvalue weighted by atomic mass is 35.5. The first-order valence-corrected chi connectivity index (χ1v) is 7.56. The van der Waals surface area contributed by atoms with Crippen LogP contribution < -0.4 is 10.6 Å². The van der Waals surface area contributed by atoms with Crippen LogP contribution in [-0.2, 0) is 10.9 Å². The summed E-state index contributed by atoms with van der Waals surface area (Å²) in [5.41, 5.74) is -0.866. The molecule has 1 heterocycles. The predicted octanol–water partition coefficient (Wildman–Crippen LogP) is 3.87. The molecule has 2 N–H and O–H groups in total. The second kappa shape index (κ2) is 8.17. The SMILES string of the molecule is COCCNC(=O)c1ccnc(Nc2ccc(Cl)cc2C(F)(F)F)c1. The van der Waals surface area contributed by atoms with Crippen molar-refractivity contribution in [1.29, 1.82) is 0 Å². The molecule has 0 unspecified atom stereocenters. The summed E-state index contributed by atoms with van der Waals surface area (Å²) in [5.74, 6) is -0.276. The minimum Gasteiger partial charge on any atom is -0.383 e. The van der Waals surface area contributed by atoms with Gasteiger partial charge in [0.25, 0.3) is 5.91 Å². The van der Waals surface area contributed by atoms with E-state index in [0.717, 1.165) is 6.07 Å². The standard InChI is InChI=1S/C16H15ClF3N3O2/c1-25-7-6-22-15(24)10-4-5-21-14(8-10)23-13-3-2-11(17)9-12(13)16(18,19)20/h2-5,8-9H,6-7H2,1H3,(H,21,23)(H,22,24). The predicted molar refractivity (Wildman–Crippen MR) is 88.2 cm³/mol. The lowest BCUT2D eigenvalue weighted by molar-refractivity contribution is -0.136. The van der Waals surface area contributed by atoms with Crippen LogP contribution in [-0.4, -0.2) is 31.2 Å². The highest BCUT2D eigenvalue weighted by molar-refractivity contribution is 6.30. The molecular formula is C16H15ClF3N3O2. The molecule has 0 atom stereocenters. The van der Waals surface area contributed by atoms with Crippen molar-refractivity contribution in [3.63, 3.8) is 0 Å². The Morgan fingerprint density at radius 2 is 2.04 bits per heavy atom. The molecule has 0 aliphatic carbocycles. The first kappa shape index (κ1) is 19.0. The number of anilines is 2. The minimum absolute atomic E-state index is 0.0305. The lowest BCUT2D eigenvalue weighted by Gasteiger charge is -2.15. The Morgan fingerprint density at radius 1 is 1.28 bits per heavy atom. The molecule has 0 radical (unpaired) electrons. The number of hydrogen-bond acceptors (Lipinski definition) is 4. The van der Waals surface area contributed by atoms with Gasteiger partial charge in [0.1, 0.15) is 5.82 Å². The number of alkyl halides is 3. The number of benzene rings is 1. The van der Waals surface area contributed by atoms with Crippen molar-refractivity contribution < 1.29 is 22.7 Å². The van der Waals surface area contributed by atoms with Crippen molar-refractivity contribution in [3.8, 4) is 0 Å². The van der Waals surface area contributed by atoms with Gasteiger partial charge in [0.15, 0.2) is 0 Å². The molecule has 0 saturated heterocycles. The monoisotopic (exact) mass is 373 g/mol. The van der Waals surface area contributed by atoms with E-state index in [4.69, 9.17) is 16.3 Å². The van der Waals surface area contributed by atoms with Gasteiger partial charge < -0.3 is 15.4 Å². The smallest absolute Gasteiger partial charge is 0.383 e. The molecule has 25 heavy (non-hydrogen) atoms. The number of ether oxygens (including phenoxy) is 1. The Hall–Kier alpha value is -2.32. The molecule has 1 aromatic heterocycles. The summed E-state index contributed by atoms with van der Waals surface area (Å²) in [6.45, 7) is 0.664. The second-order valence-corrected chi connectivity index (χ2v) is 5.43. The number of nitrogens with zero attached hydrogens (tertiary/aromatic N) is 1. The number of aromatic nitrogens is 1. The van der Waals surface area contributed by atoms with E-state index in [-0.39, 0.29) is 28.0 Å². The number of methoxy groups -OCH3 is 1. The number of carbonyl (C=O) groups excluding carboxylic acids is 1. The average Bonchev–Trinajstić information content (AvgIpc) is 2.56. The Balaban J connectivity index is 2.22. The van der Waals surface area contributed by atoms with Crippen LogP contribution in [0.5, 0.6) is 0 Å². The van der Waals surface area contributed by atoms with Crippen LogP contribution in [0.3, 0.4) is 0 Å². The number of carbonyl (C=O) groups is 1. The summed E-state index contributed by atoms with van der Waals surface area (Å²) in [6, 6.07) is 6.18. The maximum Gasteiger partial charge on any atom is 0.418 e. The van der Waals surface area contributed by atoms with Crippen molar-refractivity contribution >= 4 is 29.0 Å². The molecule has 0 bridgehead atoms. The Morgan fingerprint density at radius 3 is 2.72 bits per heavy atom. The van der Waals surface area contributed by atoms with Crippen LogP contribution in [0.15, 0.2) is 36.5 Å². The fourth-order valence-corrected chi connectivity index (χ4v) is 2.18. The summed E-state index contributed by atoms with van der Waals surface area (Å²) in [6.07, 6.45) is -3.25. The summed E-state index contributed by atoms with van der Waals surface area (Å²) in [5, 5.41) is 5.16. The molecule has 0 spiro atoms. The summed E-state index contributed by atoms with van der Waals surface area (Å²) in [4.78, 5) is 15.9. The third-order valence-electron chi connectivity index (χ3n) is 3.16. The van der Waals surface area contributed by atoms with E-state index < -0.39 is 11.7 Å². The van der Waals surface area contributed by atoms with Crippen LogP contribution in [0, 0.1) is 0 Å². The van der Waals surface area contributed by atoms with Gasteiger partial charge in [-0.05, 0) is 30.3 Å². The molecular weight excluding hydrogens is 359 g/mol. The van der Waals surface area contributed by atoms with E-state index in [0.29, 0.717) is 13.2 Å². The number of hydrogen-bond donors (Lipinski definition) is 2. The number of halogens is 4. The van der Waals surface area contributed by atoms with Gasteiger partial charge in [0.05, 0.1) is 17.9 Å². The van der Waals surface area contributed by atoms with Crippen LogP contribution in [0.1, 0.15) is 15.9 Å². The van der Waals surface area contributed by atoms with Gasteiger partial charge in [0, 0.05) is 30.4 Å². The zero-order chi connectivity index (χ0) is 18.4. The second-order valence-electron chi connectivity index (χ2n) is 4.99. The molecule has 2 aromatic rings. The van der Waals surface area contributed by atoms with Crippen molar-refractivity contribution in [2.75, 3.05) is 25.6 Å². The highest BCUT2D eigenvalue weighted by Crippen LogP contribution is 2.37. The van der Waals surface area contributed by atoms with Crippen molar-refractivity contribution in [2.24, 2.45) is 0 Å². The van der Waals surface area contributed by atoms with Crippen LogP contribution >= 0.6 is 11.6 Å². The average molecular weight is 374 g/mol. The Labute approximate surface area is 147 Å². The van der Waals surface area contributed by atoms with Crippen molar-refractivity contribution in [2.45, 2.75) is 6.18 Å². The maximum absolute atomic E-state index is 13.1. The maximum atomic E-state index is 13.1. The van der Waals surface area contributed by atoms with Gasteiger partial charge in [-0.3, -0.25) is 4.79 Å². The largest absolute Gasteiger partial charge is 0.418 e. The van der Waals surface area contributed by atoms with E-state index in [9.17, 15) is 18.0 Å². The summed E-state index contributed by atoms with van der Waals surface area (Å²) in [7, 11) is 1.50. The molecule has 2 rings (SSSR count). The van der Waals surface area contributed by atoms with Gasteiger partial charge in [-0.2, -0.15) is 13.2 Å². The van der Waals surface area contributed by atoms with E-state index in [1.807, 2.05) is 0 Å². The zero-order valence-corrected chi connectivity index (χ0v) is 13.9. The van der Waals surface area contributed by atoms with Gasteiger partial charge >= 0.3 is 6.18 Å². The van der Waals surface area contributed by atoms with E-state index in [1.54, 1.807) is 0 Å². The van der Waals surface area contributed by atoms with Gasteiger partial charge in [-0.1, -0.05) is 11.6 Å². The molecule has 1 aromatic carbocycles. The molecule has 9 heteroatoms. The van der Waals surface area contributed by atoms with E-state index in [1.165, 1.54) is 37.6 Å². The van der Waals surface area contributed by atoms with Gasteiger partial charge in [-0.25, -0.2) is 4.98 Å². The fraction of sp³-hybridized carbons (Fsp3) is 0.250. The molecule has 5 nitrogen and oxygen atoms in total. The van der Waals surface area contributed by atoms with Crippen molar-refractivity contribution in [3.05, 3.63) is 52.7 Å². The number of amides is 1. The van der Waals surface area contributed by atoms with Gasteiger partial charge in [0.2, 0.25) is 0 Å². The normalized spacial score (nSPS) is 11.2. The zero-order valence-electron chi connectivity index (χ0n) is 13.2. The molecule has 0 aliphatic rings.